The van der Waals surface area contributed by atoms with Crippen molar-refractivity contribution >= 4 is 5.91 Å². The zero-order chi connectivity index (χ0) is 13.7. The number of carbonyl (C=O) groups is 1. The van der Waals surface area contributed by atoms with Gasteiger partial charge in [-0.15, -0.1) is 0 Å². The highest BCUT2D eigenvalue weighted by atomic mass is 16.2. The predicted molar refractivity (Wildman–Crippen MR) is 74.3 cm³/mol. The Morgan fingerprint density at radius 1 is 1.37 bits per heavy atom. The van der Waals surface area contributed by atoms with Gasteiger partial charge in [-0.25, -0.2) is 5.84 Å². The second-order valence-corrected chi connectivity index (χ2v) is 4.37. The Bertz CT molecular complexity index is 548. The van der Waals surface area contributed by atoms with Crippen LogP contribution in [0.5, 0.6) is 0 Å². The van der Waals surface area contributed by atoms with Crippen molar-refractivity contribution in [3.05, 3.63) is 41.6 Å². The van der Waals surface area contributed by atoms with Crippen LogP contribution in [-0.2, 0) is 6.42 Å². The van der Waals surface area contributed by atoms with E-state index in [1.165, 1.54) is 0 Å². The zero-order valence-electron chi connectivity index (χ0n) is 10.9. The lowest BCUT2D eigenvalue weighted by Crippen LogP contribution is -2.31. The number of unbranched alkanes of at least 4 members (excludes halogenated alkanes) is 1. The summed E-state index contributed by atoms with van der Waals surface area (Å²) in [5, 5.41) is 7.06. The first-order valence-corrected chi connectivity index (χ1v) is 6.41. The van der Waals surface area contributed by atoms with E-state index in [0.29, 0.717) is 5.69 Å². The monoisotopic (exact) mass is 258 g/mol. The van der Waals surface area contributed by atoms with Gasteiger partial charge in [0.25, 0.3) is 5.91 Å². The van der Waals surface area contributed by atoms with E-state index in [9.17, 15) is 4.79 Å². The Balaban J connectivity index is 2.43. The Kier molecular flexibility index (Phi) is 4.30. The quantitative estimate of drug-likeness (QED) is 0.436. The first-order chi connectivity index (χ1) is 9.27. The number of hydrazine groups is 1. The second-order valence-electron chi connectivity index (χ2n) is 4.37. The van der Waals surface area contributed by atoms with E-state index in [1.807, 2.05) is 30.3 Å². The molecule has 2 rings (SSSR count). The number of nitrogens with one attached hydrogen (secondary N) is 2. The van der Waals surface area contributed by atoms with Crippen molar-refractivity contribution in [2.75, 3.05) is 0 Å². The Labute approximate surface area is 112 Å². The van der Waals surface area contributed by atoms with Gasteiger partial charge in [-0.05, 0) is 12.8 Å². The summed E-state index contributed by atoms with van der Waals surface area (Å²) in [6.45, 7) is 2.12. The maximum Gasteiger partial charge on any atom is 0.283 e. The summed E-state index contributed by atoms with van der Waals surface area (Å²) >= 11 is 0. The summed E-state index contributed by atoms with van der Waals surface area (Å²) in [6.07, 6.45) is 2.87. The van der Waals surface area contributed by atoms with Crippen LogP contribution in [-0.4, -0.2) is 16.1 Å². The average molecular weight is 258 g/mol. The summed E-state index contributed by atoms with van der Waals surface area (Å²) in [7, 11) is 0. The van der Waals surface area contributed by atoms with Gasteiger partial charge >= 0.3 is 0 Å². The maximum atomic E-state index is 11.7. The van der Waals surface area contributed by atoms with Crippen molar-refractivity contribution in [3.63, 3.8) is 0 Å². The smallest absolute Gasteiger partial charge is 0.283 e. The first-order valence-electron chi connectivity index (χ1n) is 6.41. The molecule has 4 N–H and O–H groups in total. The van der Waals surface area contributed by atoms with Gasteiger partial charge in [0.1, 0.15) is 5.69 Å². The minimum Gasteiger partial charge on any atom is -0.289 e. The van der Waals surface area contributed by atoms with E-state index < -0.39 is 0 Å². The van der Waals surface area contributed by atoms with Gasteiger partial charge in [0, 0.05) is 11.1 Å². The molecular formula is C14H18N4O. The van der Waals surface area contributed by atoms with E-state index >= 15 is 0 Å². The largest absolute Gasteiger partial charge is 0.289 e. The van der Waals surface area contributed by atoms with Crippen LogP contribution in [0.15, 0.2) is 30.3 Å². The van der Waals surface area contributed by atoms with Crippen molar-refractivity contribution < 1.29 is 4.79 Å². The molecule has 0 aliphatic rings. The minimum atomic E-state index is -0.333. The van der Waals surface area contributed by atoms with Crippen LogP contribution in [0.2, 0.25) is 0 Å². The lowest BCUT2D eigenvalue weighted by molar-refractivity contribution is 0.0947. The molecule has 19 heavy (non-hydrogen) atoms. The van der Waals surface area contributed by atoms with E-state index in [1.54, 1.807) is 0 Å². The predicted octanol–water partition coefficient (Wildman–Crippen LogP) is 2.02. The van der Waals surface area contributed by atoms with Crippen molar-refractivity contribution in [3.8, 4) is 11.3 Å². The molecular weight excluding hydrogens is 240 g/mol. The molecule has 1 aromatic carbocycles. The average Bonchev–Trinajstić information content (AvgIpc) is 2.89. The van der Waals surface area contributed by atoms with E-state index in [-0.39, 0.29) is 5.91 Å². The normalized spacial score (nSPS) is 10.4. The highest BCUT2D eigenvalue weighted by Gasteiger charge is 2.18. The molecule has 0 atom stereocenters. The fourth-order valence-electron chi connectivity index (χ4n) is 2.06. The van der Waals surface area contributed by atoms with Crippen LogP contribution in [0.1, 0.15) is 35.8 Å². The van der Waals surface area contributed by atoms with Gasteiger partial charge in [0.2, 0.25) is 0 Å². The molecule has 100 valence electrons. The Morgan fingerprint density at radius 2 is 2.11 bits per heavy atom. The van der Waals surface area contributed by atoms with E-state index in [4.69, 9.17) is 5.84 Å². The molecule has 2 aromatic rings. The number of nitrogens with zero attached hydrogens (tertiary/aromatic N) is 1. The third-order valence-electron chi connectivity index (χ3n) is 3.05. The fraction of sp³-hybridized carbons (Fsp3) is 0.286. The molecule has 1 amide bonds. The number of nitrogens with two attached hydrogens (primary N) is 1. The van der Waals surface area contributed by atoms with Crippen LogP contribution in [0.3, 0.4) is 0 Å². The maximum absolute atomic E-state index is 11.7. The number of rotatable bonds is 5. The number of carbonyl (C=O) groups excluding carboxylic acids is 1. The highest BCUT2D eigenvalue weighted by molar-refractivity contribution is 5.95. The second kappa shape index (κ2) is 6.15. The molecule has 0 unspecified atom stereocenters. The van der Waals surface area contributed by atoms with Crippen LogP contribution in [0, 0.1) is 0 Å². The molecule has 0 aliphatic heterocycles. The number of nitrogen functional groups attached to an aromatic ring is 1. The van der Waals surface area contributed by atoms with Crippen molar-refractivity contribution in [1.29, 1.82) is 0 Å². The molecule has 5 heteroatoms. The molecule has 0 radical (unpaired) electrons. The number of aromatic amines is 1. The van der Waals surface area contributed by atoms with Gasteiger partial charge in [-0.3, -0.25) is 15.3 Å². The summed E-state index contributed by atoms with van der Waals surface area (Å²) in [5.41, 5.74) is 5.36. The first kappa shape index (κ1) is 13.3. The van der Waals surface area contributed by atoms with Gasteiger partial charge in [-0.1, -0.05) is 43.7 Å². The SMILES string of the molecule is CCCCc1c(-c2ccccc2)n[nH]c1C(=O)NN. The summed E-state index contributed by atoms with van der Waals surface area (Å²) < 4.78 is 0. The fourth-order valence-corrected chi connectivity index (χ4v) is 2.06. The van der Waals surface area contributed by atoms with Crippen LogP contribution in [0.25, 0.3) is 11.3 Å². The summed E-state index contributed by atoms with van der Waals surface area (Å²) in [5.74, 6) is 4.87. The topological polar surface area (TPSA) is 83.8 Å². The molecule has 0 bridgehead atoms. The van der Waals surface area contributed by atoms with Gasteiger partial charge < -0.3 is 0 Å². The minimum absolute atomic E-state index is 0.333. The number of hydrogen-bond acceptors (Lipinski definition) is 3. The lowest BCUT2D eigenvalue weighted by atomic mass is 10.0. The molecule has 1 aromatic heterocycles. The van der Waals surface area contributed by atoms with Crippen LogP contribution < -0.4 is 11.3 Å². The number of benzene rings is 1. The van der Waals surface area contributed by atoms with Crippen LogP contribution >= 0.6 is 0 Å². The molecule has 0 saturated carbocycles. The summed E-state index contributed by atoms with van der Waals surface area (Å²) in [4.78, 5) is 11.7. The van der Waals surface area contributed by atoms with Crippen molar-refractivity contribution in [2.45, 2.75) is 26.2 Å². The van der Waals surface area contributed by atoms with Crippen molar-refractivity contribution in [2.24, 2.45) is 5.84 Å². The number of aromatic nitrogens is 2. The third kappa shape index (κ3) is 2.82. The Hall–Kier alpha value is -2.14. The molecule has 0 spiro atoms. The van der Waals surface area contributed by atoms with Crippen LogP contribution in [0.4, 0.5) is 0 Å². The number of hydrogen-bond donors (Lipinski definition) is 3. The molecule has 0 fully saturated rings. The van der Waals surface area contributed by atoms with Gasteiger partial charge in [0.15, 0.2) is 0 Å². The molecule has 0 aliphatic carbocycles. The molecule has 1 heterocycles. The highest BCUT2D eigenvalue weighted by Crippen LogP contribution is 2.25. The number of amides is 1. The molecule has 0 saturated heterocycles. The van der Waals surface area contributed by atoms with Gasteiger partial charge in [-0.2, -0.15) is 5.10 Å². The molecule has 5 nitrogen and oxygen atoms in total. The lowest BCUT2D eigenvalue weighted by Gasteiger charge is -2.04. The Morgan fingerprint density at radius 3 is 2.74 bits per heavy atom. The third-order valence-corrected chi connectivity index (χ3v) is 3.05. The van der Waals surface area contributed by atoms with Crippen molar-refractivity contribution in [1.82, 2.24) is 15.6 Å². The standard InChI is InChI=1S/C14H18N4O/c1-2-3-9-11-12(10-7-5-4-6-8-10)17-18-13(11)14(19)16-15/h4-8H,2-3,9,15H2,1H3,(H,16,19)(H,17,18). The van der Waals surface area contributed by atoms with Gasteiger partial charge in [0.05, 0.1) is 5.69 Å². The van der Waals surface area contributed by atoms with E-state index in [0.717, 1.165) is 36.1 Å². The zero-order valence-corrected chi connectivity index (χ0v) is 10.9. The van der Waals surface area contributed by atoms with E-state index in [2.05, 4.69) is 22.5 Å². The number of H-pyrrole nitrogens is 1. The summed E-state index contributed by atoms with van der Waals surface area (Å²) in [6, 6.07) is 9.83.